The molecule has 0 aromatic carbocycles. The van der Waals surface area contributed by atoms with Crippen molar-refractivity contribution >= 4 is 5.97 Å². The zero-order valence-corrected chi connectivity index (χ0v) is 20.9. The van der Waals surface area contributed by atoms with Crippen molar-refractivity contribution < 1.29 is 61.3 Å². The summed E-state index contributed by atoms with van der Waals surface area (Å²) in [5.41, 5.74) is 0. The predicted molar refractivity (Wildman–Crippen MR) is 107 cm³/mol. The number of aliphatic carboxylic acids is 1. The molecule has 0 spiro atoms. The van der Waals surface area contributed by atoms with Gasteiger partial charge in [0.1, 0.15) is 0 Å². The van der Waals surface area contributed by atoms with Crippen LogP contribution in [0.1, 0.15) is 129 Å². The van der Waals surface area contributed by atoms with Gasteiger partial charge in [-0.25, -0.2) is 0 Å². The molecule has 2 nitrogen and oxygen atoms in total. The second-order valence-corrected chi connectivity index (χ2v) is 7.03. The molecule has 1 N–H and O–H groups in total. The number of carbonyl (C=O) groups is 1. The van der Waals surface area contributed by atoms with Crippen LogP contribution in [0.5, 0.6) is 0 Å². The molecular weight excluding hydrogens is 335 g/mol. The van der Waals surface area contributed by atoms with Gasteiger partial charge in [0.2, 0.25) is 0 Å². The molecule has 0 fully saturated rings. The summed E-state index contributed by atoms with van der Waals surface area (Å²) in [5, 5.41) is 7.42. The maximum Gasteiger partial charge on any atom is 1.00 e. The van der Waals surface area contributed by atoms with Gasteiger partial charge in [0, 0.05) is 6.92 Å². The van der Waals surface area contributed by atoms with E-state index >= 15 is 0 Å². The van der Waals surface area contributed by atoms with E-state index in [2.05, 4.69) is 13.8 Å². The van der Waals surface area contributed by atoms with Crippen LogP contribution >= 0.6 is 0 Å². The van der Waals surface area contributed by atoms with Crippen molar-refractivity contribution in [2.45, 2.75) is 129 Å². The van der Waals surface area contributed by atoms with E-state index in [1.807, 2.05) is 0 Å². The van der Waals surface area contributed by atoms with Crippen molar-refractivity contribution in [3.8, 4) is 0 Å². The summed E-state index contributed by atoms with van der Waals surface area (Å²) in [4.78, 5) is 9.00. The Labute approximate surface area is 201 Å². The summed E-state index contributed by atoms with van der Waals surface area (Å²) in [6.45, 7) is 7.27. The van der Waals surface area contributed by atoms with Gasteiger partial charge in [-0.15, -0.1) is 0 Å². The maximum atomic E-state index is 9.00. The molecule has 0 aromatic heterocycles. The number of unbranched alkanes of at least 4 members (excludes halogenated alkanes) is 17. The van der Waals surface area contributed by atoms with Gasteiger partial charge in [0.25, 0.3) is 5.97 Å². The van der Waals surface area contributed by atoms with Crippen LogP contribution in [-0.4, -0.2) is 11.1 Å². The summed E-state index contributed by atoms with van der Waals surface area (Å²) in [7, 11) is 0. The average Bonchev–Trinajstić information content (AvgIpc) is 2.54. The molecule has 25 heavy (non-hydrogen) atoms. The van der Waals surface area contributed by atoms with Crippen molar-refractivity contribution in [2.75, 3.05) is 0 Å². The van der Waals surface area contributed by atoms with Crippen LogP contribution < -0.4 is 51.4 Å². The Morgan fingerprint density at radius 3 is 1.04 bits per heavy atom. The summed E-state index contributed by atoms with van der Waals surface area (Å²) in [6.07, 6.45) is 25.8. The average molecular weight is 381 g/mol. The van der Waals surface area contributed by atoms with Gasteiger partial charge in [-0.3, -0.25) is 4.79 Å². The molecule has 0 saturated carbocycles. The van der Waals surface area contributed by atoms with E-state index in [0.29, 0.717) is 0 Å². The van der Waals surface area contributed by atoms with E-state index in [-0.39, 0.29) is 51.4 Å². The Kier molecular flexibility index (Phi) is 36.8. The molecular formula is C22H45KO2. The minimum Gasteiger partial charge on any atom is -0.481 e. The molecule has 0 aliphatic rings. The monoisotopic (exact) mass is 380 g/mol. The first-order valence-electron chi connectivity index (χ1n) is 10.6. The topological polar surface area (TPSA) is 37.3 Å². The second kappa shape index (κ2) is 29.9. The molecule has 0 bridgehead atoms. The van der Waals surface area contributed by atoms with Crippen LogP contribution in [0.25, 0.3) is 0 Å². The van der Waals surface area contributed by atoms with Crippen LogP contribution in [0.4, 0.5) is 0 Å². The fraction of sp³-hybridized carbons (Fsp3) is 0.909. The maximum absolute atomic E-state index is 9.00. The quantitative estimate of drug-likeness (QED) is 0.220. The Bertz CT molecular complexity index is 210. The van der Waals surface area contributed by atoms with E-state index in [4.69, 9.17) is 9.90 Å². The first kappa shape index (κ1) is 30.8. The molecule has 0 unspecified atom stereocenters. The fourth-order valence-corrected chi connectivity index (χ4v) is 2.90. The molecule has 0 saturated heterocycles. The third-order valence-corrected chi connectivity index (χ3v) is 4.35. The molecule has 0 heterocycles. The van der Waals surface area contributed by atoms with Gasteiger partial charge >= 0.3 is 51.4 Å². The van der Waals surface area contributed by atoms with Crippen molar-refractivity contribution in [3.63, 3.8) is 0 Å². The normalized spacial score (nSPS) is 9.88. The van der Waals surface area contributed by atoms with E-state index in [0.717, 1.165) is 13.3 Å². The molecule has 3 heteroatoms. The van der Waals surface area contributed by atoms with Crippen molar-refractivity contribution in [3.05, 3.63) is 6.92 Å². The van der Waals surface area contributed by atoms with Gasteiger partial charge in [0.05, 0.1) is 0 Å². The third kappa shape index (κ3) is 40.9. The fourth-order valence-electron chi connectivity index (χ4n) is 2.90. The molecule has 0 atom stereocenters. The molecule has 0 radical (unpaired) electrons. The molecule has 0 aromatic rings. The van der Waals surface area contributed by atoms with E-state index in [9.17, 15) is 0 Å². The standard InChI is InChI=1S/C20H41.C2H4O2.K/c1-3-5-7-9-11-13-15-17-19-20-18-16-14-12-10-8-6-4-2;1-2(3)4;/h1,3-20H2,2H3;1H3,(H,3,4);/q-1;;+1. The van der Waals surface area contributed by atoms with Gasteiger partial charge in [-0.1, -0.05) is 116 Å². The van der Waals surface area contributed by atoms with E-state index in [1.54, 1.807) is 0 Å². The Morgan fingerprint density at radius 1 is 0.640 bits per heavy atom. The van der Waals surface area contributed by atoms with Crippen LogP contribution in [0.2, 0.25) is 0 Å². The minimum absolute atomic E-state index is 0. The Morgan fingerprint density at radius 2 is 0.840 bits per heavy atom. The summed E-state index contributed by atoms with van der Waals surface area (Å²) in [6, 6.07) is 0. The first-order chi connectivity index (χ1) is 11.6. The van der Waals surface area contributed by atoms with Crippen LogP contribution in [-0.2, 0) is 4.79 Å². The molecule has 146 valence electrons. The van der Waals surface area contributed by atoms with Crippen molar-refractivity contribution in [2.24, 2.45) is 0 Å². The number of hydrogen-bond donors (Lipinski definition) is 1. The molecule has 0 amide bonds. The van der Waals surface area contributed by atoms with Crippen LogP contribution in [0.3, 0.4) is 0 Å². The van der Waals surface area contributed by atoms with Gasteiger partial charge in [-0.05, 0) is 0 Å². The molecule has 0 rings (SSSR count). The Balaban J connectivity index is -0.000000867. The summed E-state index contributed by atoms with van der Waals surface area (Å²) >= 11 is 0. The zero-order valence-electron chi connectivity index (χ0n) is 17.8. The van der Waals surface area contributed by atoms with Crippen LogP contribution in [0, 0.1) is 6.92 Å². The van der Waals surface area contributed by atoms with Crippen molar-refractivity contribution in [1.82, 2.24) is 0 Å². The predicted octanol–water partition coefficient (Wildman–Crippen LogP) is 4.96. The number of hydrogen-bond acceptors (Lipinski definition) is 1. The first-order valence-corrected chi connectivity index (χ1v) is 10.6. The Hall–Kier alpha value is 1.11. The van der Waals surface area contributed by atoms with Crippen LogP contribution in [0.15, 0.2) is 0 Å². The number of carboxylic acid groups (broad SMARTS) is 1. The molecule has 0 aliphatic heterocycles. The van der Waals surface area contributed by atoms with E-state index in [1.165, 1.54) is 109 Å². The minimum atomic E-state index is -0.833. The zero-order chi connectivity index (χ0) is 18.3. The second-order valence-electron chi connectivity index (χ2n) is 7.03. The SMILES string of the molecule is CC(=O)O.[CH2-]CCCCCCCCCCCCCCCCCCC.[K+]. The smallest absolute Gasteiger partial charge is 0.481 e. The van der Waals surface area contributed by atoms with E-state index < -0.39 is 5.97 Å². The van der Waals surface area contributed by atoms with Gasteiger partial charge < -0.3 is 12.0 Å². The number of rotatable bonds is 17. The van der Waals surface area contributed by atoms with Crippen molar-refractivity contribution in [1.29, 1.82) is 0 Å². The van der Waals surface area contributed by atoms with Gasteiger partial charge in [-0.2, -0.15) is 6.42 Å². The third-order valence-electron chi connectivity index (χ3n) is 4.35. The summed E-state index contributed by atoms with van der Waals surface area (Å²) in [5.74, 6) is -0.833. The summed E-state index contributed by atoms with van der Waals surface area (Å²) < 4.78 is 0. The number of carboxylic acids is 1. The molecule has 0 aliphatic carbocycles. The van der Waals surface area contributed by atoms with Gasteiger partial charge in [0.15, 0.2) is 0 Å². The largest absolute Gasteiger partial charge is 1.00 e.